The molecular weight excluding hydrogens is 327 g/mol. The van der Waals surface area contributed by atoms with Crippen LogP contribution in [0.25, 0.3) is 0 Å². The van der Waals surface area contributed by atoms with Gasteiger partial charge in [0.2, 0.25) is 5.82 Å². The molecule has 106 valence electrons. The summed E-state index contributed by atoms with van der Waals surface area (Å²) in [5.41, 5.74) is 0.245. The highest BCUT2D eigenvalue weighted by molar-refractivity contribution is 9.10. The first-order valence-electron chi connectivity index (χ1n) is 5.96. The normalized spacial score (nSPS) is 11.4. The zero-order valence-electron chi connectivity index (χ0n) is 11.3. The number of nitrogens with one attached hydrogen (secondary N) is 2. The maximum absolute atomic E-state index is 13.1. The minimum absolute atomic E-state index is 0.0513. The fraction of sp³-hybridized carbons (Fsp3) is 0.308. The predicted molar refractivity (Wildman–Crippen MR) is 77.1 cm³/mol. The number of benzene rings is 1. The topological polar surface area (TPSA) is 70.7 Å². The molecule has 2 N–H and O–H groups in total. The molecule has 20 heavy (non-hydrogen) atoms. The van der Waals surface area contributed by atoms with Crippen LogP contribution in [-0.4, -0.2) is 21.1 Å². The Hall–Kier alpha value is -1.76. The van der Waals surface area contributed by atoms with Gasteiger partial charge in [-0.3, -0.25) is 9.89 Å². The third kappa shape index (κ3) is 3.22. The molecular formula is C13H14BrFN4O. The van der Waals surface area contributed by atoms with Crippen LogP contribution < -0.4 is 5.32 Å². The molecule has 1 aromatic heterocycles. The number of carbonyl (C=O) groups excluding carboxylic acids is 1. The van der Waals surface area contributed by atoms with Gasteiger partial charge in [-0.05, 0) is 34.1 Å². The lowest BCUT2D eigenvalue weighted by Crippen LogP contribution is -2.16. The van der Waals surface area contributed by atoms with Crippen LogP contribution in [0.5, 0.6) is 0 Å². The summed E-state index contributed by atoms with van der Waals surface area (Å²) in [6, 6.07) is 4.21. The van der Waals surface area contributed by atoms with Crippen LogP contribution in [0.1, 0.15) is 37.2 Å². The van der Waals surface area contributed by atoms with Crippen LogP contribution >= 0.6 is 15.9 Å². The summed E-state index contributed by atoms with van der Waals surface area (Å²) >= 11 is 3.06. The zero-order chi connectivity index (χ0) is 14.9. The van der Waals surface area contributed by atoms with E-state index in [0.717, 1.165) is 0 Å². The Balaban J connectivity index is 2.16. The average molecular weight is 341 g/mol. The van der Waals surface area contributed by atoms with E-state index >= 15 is 0 Å². The standard InChI is InChI=1S/C13H14BrFN4O/c1-13(2,3)12-17-10(18-19-12)11(20)16-7-4-5-9(15)8(14)6-7/h4-6H,1-3H3,(H,16,20)(H,17,18,19). The summed E-state index contributed by atoms with van der Waals surface area (Å²) in [6.45, 7) is 5.89. The molecule has 1 aromatic carbocycles. The van der Waals surface area contributed by atoms with Crippen molar-refractivity contribution in [1.29, 1.82) is 0 Å². The lowest BCUT2D eigenvalue weighted by atomic mass is 9.96. The summed E-state index contributed by atoms with van der Waals surface area (Å²) in [4.78, 5) is 16.1. The molecule has 0 saturated heterocycles. The Morgan fingerprint density at radius 1 is 1.40 bits per heavy atom. The lowest BCUT2D eigenvalue weighted by Gasteiger charge is -2.12. The van der Waals surface area contributed by atoms with E-state index in [9.17, 15) is 9.18 Å². The van der Waals surface area contributed by atoms with Gasteiger partial charge in [-0.1, -0.05) is 20.8 Å². The first kappa shape index (κ1) is 14.6. The Morgan fingerprint density at radius 2 is 2.10 bits per heavy atom. The van der Waals surface area contributed by atoms with Crippen LogP contribution in [0.4, 0.5) is 10.1 Å². The quantitative estimate of drug-likeness (QED) is 0.881. The van der Waals surface area contributed by atoms with Gasteiger partial charge in [0.05, 0.1) is 4.47 Å². The van der Waals surface area contributed by atoms with Gasteiger partial charge in [-0.15, -0.1) is 5.10 Å². The van der Waals surface area contributed by atoms with Crippen LogP contribution in [0.15, 0.2) is 22.7 Å². The minimum atomic E-state index is -0.449. The summed E-state index contributed by atoms with van der Waals surface area (Å²) in [5, 5.41) is 9.24. The van der Waals surface area contributed by atoms with E-state index in [2.05, 4.69) is 36.4 Å². The average Bonchev–Trinajstić information content (AvgIpc) is 2.83. The summed E-state index contributed by atoms with van der Waals surface area (Å²) < 4.78 is 13.4. The molecule has 0 unspecified atom stereocenters. The van der Waals surface area contributed by atoms with Crippen molar-refractivity contribution in [2.45, 2.75) is 26.2 Å². The smallest absolute Gasteiger partial charge is 0.295 e. The van der Waals surface area contributed by atoms with Crippen molar-refractivity contribution in [3.8, 4) is 0 Å². The van der Waals surface area contributed by atoms with Crippen LogP contribution in [0.3, 0.4) is 0 Å². The summed E-state index contributed by atoms with van der Waals surface area (Å²) in [6.07, 6.45) is 0. The molecule has 0 atom stereocenters. The molecule has 0 saturated carbocycles. The van der Waals surface area contributed by atoms with E-state index in [1.54, 1.807) is 0 Å². The SMILES string of the molecule is CC(C)(C)c1nc(C(=O)Nc2ccc(F)c(Br)c2)n[nH]1. The first-order valence-corrected chi connectivity index (χ1v) is 6.76. The van der Waals surface area contributed by atoms with Gasteiger partial charge in [-0.2, -0.15) is 0 Å². The fourth-order valence-corrected chi connectivity index (χ4v) is 1.84. The zero-order valence-corrected chi connectivity index (χ0v) is 12.9. The molecule has 0 radical (unpaired) electrons. The number of halogens is 2. The molecule has 0 bridgehead atoms. The van der Waals surface area contributed by atoms with Crippen molar-refractivity contribution in [1.82, 2.24) is 15.2 Å². The summed E-state index contributed by atoms with van der Waals surface area (Å²) in [5.74, 6) is -0.163. The third-order valence-corrected chi connectivity index (χ3v) is 3.18. The molecule has 7 heteroatoms. The number of hydrogen-bond donors (Lipinski definition) is 2. The minimum Gasteiger partial charge on any atom is -0.319 e. The van der Waals surface area contributed by atoms with E-state index < -0.39 is 11.7 Å². The monoisotopic (exact) mass is 340 g/mol. The van der Waals surface area contributed by atoms with Crippen molar-refractivity contribution in [2.24, 2.45) is 0 Å². The number of carbonyl (C=O) groups is 1. The van der Waals surface area contributed by atoms with E-state index in [0.29, 0.717) is 11.5 Å². The number of H-pyrrole nitrogens is 1. The third-order valence-electron chi connectivity index (χ3n) is 2.58. The van der Waals surface area contributed by atoms with E-state index in [4.69, 9.17) is 0 Å². The predicted octanol–water partition coefficient (Wildman–Crippen LogP) is 3.26. The number of amides is 1. The fourth-order valence-electron chi connectivity index (χ4n) is 1.46. The Morgan fingerprint density at radius 3 is 2.65 bits per heavy atom. The van der Waals surface area contributed by atoms with E-state index in [-0.39, 0.29) is 15.7 Å². The lowest BCUT2D eigenvalue weighted by molar-refractivity contribution is 0.101. The molecule has 1 amide bonds. The molecule has 2 rings (SSSR count). The van der Waals surface area contributed by atoms with Gasteiger partial charge in [0, 0.05) is 11.1 Å². The highest BCUT2D eigenvalue weighted by Gasteiger charge is 2.21. The van der Waals surface area contributed by atoms with Gasteiger partial charge in [0.25, 0.3) is 5.91 Å². The van der Waals surface area contributed by atoms with Crippen molar-refractivity contribution in [3.05, 3.63) is 40.1 Å². The molecule has 0 aliphatic rings. The highest BCUT2D eigenvalue weighted by Crippen LogP contribution is 2.21. The molecule has 0 fully saturated rings. The molecule has 0 aliphatic carbocycles. The van der Waals surface area contributed by atoms with Crippen molar-refractivity contribution in [3.63, 3.8) is 0 Å². The van der Waals surface area contributed by atoms with Gasteiger partial charge < -0.3 is 5.32 Å². The molecule has 2 aromatic rings. The number of hydrogen-bond acceptors (Lipinski definition) is 3. The van der Waals surface area contributed by atoms with Gasteiger partial charge in [-0.25, -0.2) is 9.37 Å². The molecule has 0 aliphatic heterocycles. The maximum atomic E-state index is 13.1. The number of rotatable bonds is 2. The number of anilines is 1. The number of aromatic nitrogens is 3. The highest BCUT2D eigenvalue weighted by atomic mass is 79.9. The van der Waals surface area contributed by atoms with Crippen LogP contribution in [0.2, 0.25) is 0 Å². The molecule has 0 spiro atoms. The first-order chi connectivity index (χ1) is 9.27. The second-order valence-electron chi connectivity index (χ2n) is 5.34. The van der Waals surface area contributed by atoms with Gasteiger partial charge >= 0.3 is 0 Å². The van der Waals surface area contributed by atoms with Crippen molar-refractivity contribution in [2.75, 3.05) is 5.32 Å². The van der Waals surface area contributed by atoms with Gasteiger partial charge in [0.1, 0.15) is 11.6 Å². The Kier molecular flexibility index (Phi) is 3.89. The molecule has 5 nitrogen and oxygen atoms in total. The second-order valence-corrected chi connectivity index (χ2v) is 6.19. The van der Waals surface area contributed by atoms with E-state index in [1.165, 1.54) is 18.2 Å². The number of nitrogens with zero attached hydrogens (tertiary/aromatic N) is 2. The second kappa shape index (κ2) is 5.32. The number of aromatic amines is 1. The maximum Gasteiger partial charge on any atom is 0.295 e. The van der Waals surface area contributed by atoms with Crippen LogP contribution in [0, 0.1) is 5.82 Å². The van der Waals surface area contributed by atoms with Crippen molar-refractivity contribution >= 4 is 27.5 Å². The largest absolute Gasteiger partial charge is 0.319 e. The Labute approximate surface area is 124 Å². The van der Waals surface area contributed by atoms with E-state index in [1.807, 2.05) is 20.8 Å². The van der Waals surface area contributed by atoms with Crippen LogP contribution in [-0.2, 0) is 5.41 Å². The van der Waals surface area contributed by atoms with Gasteiger partial charge in [0.15, 0.2) is 0 Å². The Bertz CT molecular complexity index is 648. The molecule has 1 heterocycles. The summed E-state index contributed by atoms with van der Waals surface area (Å²) in [7, 11) is 0. The van der Waals surface area contributed by atoms with Crippen molar-refractivity contribution < 1.29 is 9.18 Å².